The molecule has 2 N–H and O–H groups in total. The Hall–Kier alpha value is -0.710. The first-order chi connectivity index (χ1) is 15.6. The van der Waals surface area contributed by atoms with Crippen molar-refractivity contribution in [2.45, 2.75) is 124 Å². The maximum absolute atomic E-state index is 12.9. The molecule has 34 heavy (non-hydrogen) atoms. The fourth-order valence-corrected chi connectivity index (χ4v) is 10.4. The van der Waals surface area contributed by atoms with Crippen molar-refractivity contribution in [2.75, 3.05) is 0 Å². The molecule has 4 saturated carbocycles. The second-order valence-electron chi connectivity index (χ2n) is 14.7. The maximum atomic E-state index is 12.9. The van der Waals surface area contributed by atoms with Gasteiger partial charge in [0.25, 0.3) is 0 Å². The topological polar surface area (TPSA) is 70.1 Å². The van der Waals surface area contributed by atoms with Crippen LogP contribution >= 0.6 is 0 Å². The van der Waals surface area contributed by atoms with E-state index in [1.165, 1.54) is 12.0 Å². The van der Waals surface area contributed by atoms with E-state index in [0.29, 0.717) is 30.0 Å². The van der Waals surface area contributed by atoms with E-state index in [9.17, 15) is 15.0 Å². The average molecular weight is 473 g/mol. The van der Waals surface area contributed by atoms with Gasteiger partial charge in [0, 0.05) is 11.8 Å². The van der Waals surface area contributed by atoms with Crippen LogP contribution in [-0.4, -0.2) is 39.9 Å². The zero-order valence-electron chi connectivity index (χ0n) is 22.8. The Labute approximate surface area is 206 Å². The maximum Gasteiger partial charge on any atom is 0.138 e. The third kappa shape index (κ3) is 3.16. The zero-order valence-corrected chi connectivity index (χ0v) is 22.8. The molecular formula is C30H48O4. The Balaban J connectivity index is 1.46. The smallest absolute Gasteiger partial charge is 0.138 e. The molecule has 1 aliphatic heterocycles. The van der Waals surface area contributed by atoms with Crippen LogP contribution in [0.2, 0.25) is 0 Å². The van der Waals surface area contributed by atoms with Gasteiger partial charge < -0.3 is 14.9 Å². The summed E-state index contributed by atoms with van der Waals surface area (Å²) >= 11 is 0. The molecule has 4 aliphatic carbocycles. The molecule has 1 heterocycles. The number of hydrogen-bond acceptors (Lipinski definition) is 4. The van der Waals surface area contributed by atoms with Gasteiger partial charge in [-0.15, -0.1) is 0 Å². The van der Waals surface area contributed by atoms with Gasteiger partial charge in [-0.25, -0.2) is 0 Å². The highest BCUT2D eigenvalue weighted by Crippen LogP contribution is 2.75. The molecule has 5 rings (SSSR count). The SMILES string of the molecule is CC(=CC(O)C1OC1(C)C)C1CCC2(C)C1CC(O)C1C3(C)CCC(=O)C(C)(C)C3CCC12C. The second kappa shape index (κ2) is 7.42. The number of hydrogen-bond donors (Lipinski definition) is 2. The molecule has 5 fully saturated rings. The number of Topliss-reactive ketones (excluding diaryl/α,β-unsaturated/α-hetero) is 1. The Bertz CT molecular complexity index is 903. The minimum absolute atomic E-state index is 0.00582. The minimum atomic E-state index is -0.560. The van der Waals surface area contributed by atoms with Crippen LogP contribution in [0.5, 0.6) is 0 Å². The number of ketones is 1. The van der Waals surface area contributed by atoms with E-state index in [1.54, 1.807) is 0 Å². The number of aliphatic hydroxyl groups is 2. The minimum Gasteiger partial charge on any atom is -0.393 e. The standard InChI is InChI=1S/C30H48O4/c1-17(15-21(32)25-27(4,5)34-25)18-9-13-29(7)19(18)16-20(31)24-28(6)12-11-23(33)26(2,3)22(28)10-14-30(24,29)8/h15,18-22,24-25,31-32H,9-14,16H2,1-8H3. The summed E-state index contributed by atoms with van der Waals surface area (Å²) in [5.41, 5.74) is 0.976. The third-order valence-electron chi connectivity index (χ3n) is 12.5. The molecule has 0 aromatic heterocycles. The van der Waals surface area contributed by atoms with Gasteiger partial charge in [-0.2, -0.15) is 0 Å². The van der Waals surface area contributed by atoms with Crippen LogP contribution in [-0.2, 0) is 9.53 Å². The van der Waals surface area contributed by atoms with E-state index < -0.39 is 6.10 Å². The van der Waals surface area contributed by atoms with Crippen LogP contribution in [0.25, 0.3) is 0 Å². The Morgan fingerprint density at radius 3 is 2.26 bits per heavy atom. The summed E-state index contributed by atoms with van der Waals surface area (Å²) in [5, 5.41) is 22.6. The molecule has 1 saturated heterocycles. The van der Waals surface area contributed by atoms with Crippen molar-refractivity contribution in [2.24, 2.45) is 45.3 Å². The Morgan fingerprint density at radius 1 is 1.03 bits per heavy atom. The van der Waals surface area contributed by atoms with Crippen molar-refractivity contribution in [1.82, 2.24) is 0 Å². The number of epoxide rings is 1. The van der Waals surface area contributed by atoms with Crippen LogP contribution in [0.1, 0.15) is 100 Å². The summed E-state index contributed by atoms with van der Waals surface area (Å²) in [5.74, 6) is 1.84. The first kappa shape index (κ1) is 25.0. The predicted molar refractivity (Wildman–Crippen MR) is 134 cm³/mol. The molecule has 0 aromatic carbocycles. The van der Waals surface area contributed by atoms with Gasteiger partial charge in [0.1, 0.15) is 18.0 Å². The number of aliphatic hydroxyl groups excluding tert-OH is 2. The highest BCUT2D eigenvalue weighted by molar-refractivity contribution is 5.85. The van der Waals surface area contributed by atoms with Gasteiger partial charge in [0.05, 0.1) is 11.7 Å². The lowest BCUT2D eigenvalue weighted by atomic mass is 9.35. The predicted octanol–water partition coefficient (Wildman–Crippen LogP) is 5.70. The first-order valence-electron chi connectivity index (χ1n) is 13.9. The van der Waals surface area contributed by atoms with Crippen LogP contribution < -0.4 is 0 Å². The highest BCUT2D eigenvalue weighted by Gasteiger charge is 2.70. The number of carbonyl (C=O) groups excluding carboxylic acids is 1. The largest absolute Gasteiger partial charge is 0.393 e. The van der Waals surface area contributed by atoms with Crippen LogP contribution in [0.3, 0.4) is 0 Å². The fourth-order valence-electron chi connectivity index (χ4n) is 10.4. The van der Waals surface area contributed by atoms with Crippen LogP contribution in [0.4, 0.5) is 0 Å². The number of rotatable bonds is 3. The molecule has 4 nitrogen and oxygen atoms in total. The molecule has 4 heteroatoms. The summed E-state index contributed by atoms with van der Waals surface area (Å²) in [6.45, 7) is 18.0. The van der Waals surface area contributed by atoms with Crippen molar-refractivity contribution in [3.05, 3.63) is 11.6 Å². The summed E-state index contributed by atoms with van der Waals surface area (Å²) in [6, 6.07) is 0. The molecule has 0 spiro atoms. The van der Waals surface area contributed by atoms with Gasteiger partial charge in [-0.05, 0) is 99.2 Å². The van der Waals surface area contributed by atoms with E-state index in [0.717, 1.165) is 32.1 Å². The molecule has 5 aliphatic rings. The van der Waals surface area contributed by atoms with Gasteiger partial charge >= 0.3 is 0 Å². The first-order valence-corrected chi connectivity index (χ1v) is 13.9. The van der Waals surface area contributed by atoms with Gasteiger partial charge in [-0.1, -0.05) is 46.3 Å². The lowest BCUT2D eigenvalue weighted by molar-refractivity contribution is -0.236. The van der Waals surface area contributed by atoms with E-state index in [2.05, 4.69) is 41.5 Å². The number of allylic oxidation sites excluding steroid dienone is 1. The molecule has 0 bridgehead atoms. The van der Waals surface area contributed by atoms with E-state index in [1.807, 2.05) is 19.9 Å². The van der Waals surface area contributed by atoms with Crippen molar-refractivity contribution < 1.29 is 19.7 Å². The van der Waals surface area contributed by atoms with Crippen molar-refractivity contribution in [3.8, 4) is 0 Å². The van der Waals surface area contributed by atoms with Crippen molar-refractivity contribution in [1.29, 1.82) is 0 Å². The van der Waals surface area contributed by atoms with Gasteiger partial charge in [0.2, 0.25) is 0 Å². The summed E-state index contributed by atoms with van der Waals surface area (Å²) < 4.78 is 5.69. The molecule has 0 amide bonds. The molecule has 0 radical (unpaired) electrons. The quantitative estimate of drug-likeness (QED) is 0.409. The van der Waals surface area contributed by atoms with Gasteiger partial charge in [-0.3, -0.25) is 4.79 Å². The van der Waals surface area contributed by atoms with Crippen LogP contribution in [0, 0.1) is 45.3 Å². The van der Waals surface area contributed by atoms with Gasteiger partial charge in [0.15, 0.2) is 0 Å². The van der Waals surface area contributed by atoms with Crippen LogP contribution in [0.15, 0.2) is 11.6 Å². The highest BCUT2D eigenvalue weighted by atomic mass is 16.6. The fraction of sp³-hybridized carbons (Fsp3) is 0.900. The summed E-state index contributed by atoms with van der Waals surface area (Å²) in [7, 11) is 0. The Kier molecular flexibility index (Phi) is 5.44. The monoisotopic (exact) mass is 472 g/mol. The average Bonchev–Trinajstić information content (AvgIpc) is 3.23. The molecule has 192 valence electrons. The third-order valence-corrected chi connectivity index (χ3v) is 12.5. The molecule has 10 atom stereocenters. The lowest BCUT2D eigenvalue weighted by Crippen LogP contribution is -2.66. The summed E-state index contributed by atoms with van der Waals surface area (Å²) in [6.07, 6.45) is 7.95. The Morgan fingerprint density at radius 2 is 1.65 bits per heavy atom. The molecule has 0 aromatic rings. The van der Waals surface area contributed by atoms with Crippen molar-refractivity contribution >= 4 is 5.78 Å². The number of ether oxygens (including phenoxy) is 1. The van der Waals surface area contributed by atoms with E-state index in [4.69, 9.17) is 4.74 Å². The summed E-state index contributed by atoms with van der Waals surface area (Å²) in [4.78, 5) is 12.9. The normalized spacial score (nSPS) is 52.4. The second-order valence-corrected chi connectivity index (χ2v) is 14.7. The number of fused-ring (bicyclic) bond motifs is 5. The molecular weight excluding hydrogens is 424 g/mol. The zero-order chi connectivity index (χ0) is 25.1. The van der Waals surface area contributed by atoms with E-state index >= 15 is 0 Å². The van der Waals surface area contributed by atoms with E-state index in [-0.39, 0.29) is 45.4 Å². The molecule has 10 unspecified atom stereocenters. The lowest BCUT2D eigenvalue weighted by Gasteiger charge is -2.70. The number of carbonyl (C=O) groups is 1. The van der Waals surface area contributed by atoms with Crippen molar-refractivity contribution in [3.63, 3.8) is 0 Å².